The van der Waals surface area contributed by atoms with Gasteiger partial charge in [0, 0.05) is 44.9 Å². The molecule has 0 aliphatic carbocycles. The maximum Gasteiger partial charge on any atom is 0.0714 e. The van der Waals surface area contributed by atoms with E-state index in [1.54, 1.807) is 0 Å². The zero-order chi connectivity index (χ0) is 13.8. The lowest BCUT2D eigenvalue weighted by atomic mass is 10.2. The Morgan fingerprint density at radius 3 is 2.42 bits per heavy atom. The molecule has 3 atom stereocenters. The molecular weight excluding hydrogens is 240 g/mol. The van der Waals surface area contributed by atoms with Gasteiger partial charge in [-0.3, -0.25) is 9.80 Å². The van der Waals surface area contributed by atoms with Crippen LogP contribution in [0.1, 0.15) is 40.0 Å². The van der Waals surface area contributed by atoms with Crippen molar-refractivity contribution in [1.82, 2.24) is 9.80 Å². The molecule has 0 aromatic carbocycles. The van der Waals surface area contributed by atoms with Gasteiger partial charge in [0.2, 0.25) is 0 Å². The fourth-order valence-electron chi connectivity index (χ4n) is 3.12. The number of β-amino-alcohol motifs (C(OH)–C–C–N with tert-alkyl or cyclic N) is 1. The topological polar surface area (TPSA) is 35.9 Å². The summed E-state index contributed by atoms with van der Waals surface area (Å²) in [7, 11) is 0. The van der Waals surface area contributed by atoms with E-state index in [4.69, 9.17) is 4.74 Å². The smallest absolute Gasteiger partial charge is 0.0714 e. The lowest BCUT2D eigenvalue weighted by Gasteiger charge is -2.24. The maximum absolute atomic E-state index is 9.55. The van der Waals surface area contributed by atoms with Crippen LogP contribution in [0, 0.1) is 0 Å². The Kier molecular flexibility index (Phi) is 5.63. The summed E-state index contributed by atoms with van der Waals surface area (Å²) in [5, 5.41) is 9.55. The summed E-state index contributed by atoms with van der Waals surface area (Å²) in [6, 6.07) is 1.17. The standard InChI is InChI=1S/C15H30N2O2/c1-12(2)16-8-5-15(11-16)19-9-6-13(3)17-7-4-14(18)10-17/h12-15,18H,4-11H2,1-3H3/t13?,14?,15-/m0/s1. The molecule has 0 radical (unpaired) electrons. The maximum atomic E-state index is 9.55. The van der Waals surface area contributed by atoms with Crippen molar-refractivity contribution in [3.05, 3.63) is 0 Å². The van der Waals surface area contributed by atoms with E-state index in [9.17, 15) is 5.11 Å². The van der Waals surface area contributed by atoms with E-state index < -0.39 is 0 Å². The van der Waals surface area contributed by atoms with E-state index in [0.29, 0.717) is 18.2 Å². The third-order valence-electron chi connectivity index (χ3n) is 4.61. The molecule has 0 saturated carbocycles. The largest absolute Gasteiger partial charge is 0.392 e. The Balaban J connectivity index is 1.59. The predicted molar refractivity (Wildman–Crippen MR) is 77.3 cm³/mol. The molecule has 19 heavy (non-hydrogen) atoms. The van der Waals surface area contributed by atoms with Crippen LogP contribution < -0.4 is 0 Å². The fourth-order valence-corrected chi connectivity index (χ4v) is 3.12. The molecular formula is C15H30N2O2. The average molecular weight is 270 g/mol. The van der Waals surface area contributed by atoms with Crippen LogP contribution in [0.2, 0.25) is 0 Å². The minimum absolute atomic E-state index is 0.113. The van der Waals surface area contributed by atoms with Crippen LogP contribution in [-0.4, -0.2) is 72.0 Å². The third-order valence-corrected chi connectivity index (χ3v) is 4.61. The number of hydrogen-bond acceptors (Lipinski definition) is 4. The van der Waals surface area contributed by atoms with Crippen molar-refractivity contribution in [1.29, 1.82) is 0 Å². The van der Waals surface area contributed by atoms with E-state index in [-0.39, 0.29) is 6.10 Å². The molecule has 2 aliphatic rings. The van der Waals surface area contributed by atoms with Crippen molar-refractivity contribution in [2.75, 3.05) is 32.8 Å². The second-order valence-electron chi connectivity index (χ2n) is 6.45. The Morgan fingerprint density at radius 1 is 1.11 bits per heavy atom. The summed E-state index contributed by atoms with van der Waals surface area (Å²) < 4.78 is 6.01. The SMILES string of the molecule is CC(C)N1CC[C@H](OCCC(C)N2CCC(O)C2)C1. The number of rotatable bonds is 6. The zero-order valence-corrected chi connectivity index (χ0v) is 12.7. The molecule has 4 nitrogen and oxygen atoms in total. The zero-order valence-electron chi connectivity index (χ0n) is 12.7. The molecule has 0 spiro atoms. The highest BCUT2D eigenvalue weighted by atomic mass is 16.5. The van der Waals surface area contributed by atoms with Gasteiger partial charge in [0.15, 0.2) is 0 Å². The molecule has 4 heteroatoms. The highest BCUT2D eigenvalue weighted by Crippen LogP contribution is 2.17. The summed E-state index contributed by atoms with van der Waals surface area (Å²) >= 11 is 0. The van der Waals surface area contributed by atoms with Crippen molar-refractivity contribution in [2.24, 2.45) is 0 Å². The van der Waals surface area contributed by atoms with Crippen molar-refractivity contribution < 1.29 is 9.84 Å². The number of aliphatic hydroxyl groups is 1. The first-order valence-electron chi connectivity index (χ1n) is 7.84. The molecule has 2 saturated heterocycles. The summed E-state index contributed by atoms with van der Waals surface area (Å²) in [5.74, 6) is 0. The Morgan fingerprint density at radius 2 is 1.84 bits per heavy atom. The van der Waals surface area contributed by atoms with Crippen molar-refractivity contribution in [2.45, 2.75) is 64.3 Å². The molecule has 0 aromatic heterocycles. The monoisotopic (exact) mass is 270 g/mol. The van der Waals surface area contributed by atoms with Crippen LogP contribution in [-0.2, 0) is 4.74 Å². The molecule has 2 heterocycles. The van der Waals surface area contributed by atoms with E-state index in [1.165, 1.54) is 13.0 Å². The van der Waals surface area contributed by atoms with Gasteiger partial charge in [0.1, 0.15) is 0 Å². The van der Waals surface area contributed by atoms with Crippen molar-refractivity contribution in [3.63, 3.8) is 0 Å². The van der Waals surface area contributed by atoms with Crippen LogP contribution in [0.15, 0.2) is 0 Å². The molecule has 2 fully saturated rings. The minimum atomic E-state index is -0.113. The van der Waals surface area contributed by atoms with Gasteiger partial charge in [-0.1, -0.05) is 0 Å². The van der Waals surface area contributed by atoms with Crippen LogP contribution in [0.5, 0.6) is 0 Å². The van der Waals surface area contributed by atoms with E-state index in [2.05, 4.69) is 30.6 Å². The minimum Gasteiger partial charge on any atom is -0.392 e. The summed E-state index contributed by atoms with van der Waals surface area (Å²) in [4.78, 5) is 4.87. The number of nitrogens with zero attached hydrogens (tertiary/aromatic N) is 2. The van der Waals surface area contributed by atoms with Crippen LogP contribution >= 0.6 is 0 Å². The van der Waals surface area contributed by atoms with E-state index >= 15 is 0 Å². The van der Waals surface area contributed by atoms with Crippen molar-refractivity contribution in [3.8, 4) is 0 Å². The number of aliphatic hydroxyl groups excluding tert-OH is 1. The fraction of sp³-hybridized carbons (Fsp3) is 1.00. The van der Waals surface area contributed by atoms with Gasteiger partial charge in [-0.25, -0.2) is 0 Å². The van der Waals surface area contributed by atoms with Gasteiger partial charge >= 0.3 is 0 Å². The van der Waals surface area contributed by atoms with Gasteiger partial charge in [-0.05, 0) is 40.0 Å². The first kappa shape index (κ1) is 15.2. The lowest BCUT2D eigenvalue weighted by Crippen LogP contribution is -2.33. The highest BCUT2D eigenvalue weighted by Gasteiger charge is 2.26. The molecule has 2 aliphatic heterocycles. The Hall–Kier alpha value is -0.160. The summed E-state index contributed by atoms with van der Waals surface area (Å²) in [6.07, 6.45) is 3.49. The molecule has 2 unspecified atom stereocenters. The lowest BCUT2D eigenvalue weighted by molar-refractivity contribution is 0.0423. The molecule has 1 N–H and O–H groups in total. The highest BCUT2D eigenvalue weighted by molar-refractivity contribution is 4.80. The average Bonchev–Trinajstić information content (AvgIpc) is 2.98. The predicted octanol–water partition coefficient (Wildman–Crippen LogP) is 1.33. The van der Waals surface area contributed by atoms with E-state index in [0.717, 1.165) is 39.1 Å². The molecule has 0 aromatic rings. The second-order valence-corrected chi connectivity index (χ2v) is 6.45. The van der Waals surface area contributed by atoms with Crippen LogP contribution in [0.3, 0.4) is 0 Å². The summed E-state index contributed by atoms with van der Waals surface area (Å²) in [5.41, 5.74) is 0. The van der Waals surface area contributed by atoms with Gasteiger partial charge in [0.25, 0.3) is 0 Å². The third kappa shape index (κ3) is 4.42. The van der Waals surface area contributed by atoms with Crippen LogP contribution in [0.4, 0.5) is 0 Å². The van der Waals surface area contributed by atoms with Gasteiger partial charge in [-0.15, -0.1) is 0 Å². The number of hydrogen-bond donors (Lipinski definition) is 1. The Labute approximate surface area is 117 Å². The molecule has 0 amide bonds. The molecule has 2 rings (SSSR count). The van der Waals surface area contributed by atoms with E-state index in [1.807, 2.05) is 0 Å². The first-order chi connectivity index (χ1) is 9.06. The number of likely N-dealkylation sites (tertiary alicyclic amines) is 2. The van der Waals surface area contributed by atoms with Gasteiger partial charge in [0.05, 0.1) is 12.2 Å². The molecule has 112 valence electrons. The second kappa shape index (κ2) is 7.02. The number of ether oxygens (including phenoxy) is 1. The summed E-state index contributed by atoms with van der Waals surface area (Å²) in [6.45, 7) is 11.7. The quantitative estimate of drug-likeness (QED) is 0.790. The van der Waals surface area contributed by atoms with Crippen LogP contribution in [0.25, 0.3) is 0 Å². The molecule has 0 bridgehead atoms. The van der Waals surface area contributed by atoms with Crippen molar-refractivity contribution >= 4 is 0 Å². The van der Waals surface area contributed by atoms with Gasteiger partial charge in [-0.2, -0.15) is 0 Å². The van der Waals surface area contributed by atoms with Gasteiger partial charge < -0.3 is 9.84 Å². The first-order valence-corrected chi connectivity index (χ1v) is 7.84. The normalized spacial score (nSPS) is 31.4. The Bertz CT molecular complexity index is 273.